The van der Waals surface area contributed by atoms with Gasteiger partial charge in [-0.25, -0.2) is 0 Å². The number of rotatable bonds is 9. The summed E-state index contributed by atoms with van der Waals surface area (Å²) in [5.41, 5.74) is 2.06. The van der Waals surface area contributed by atoms with Crippen LogP contribution in [-0.4, -0.2) is 33.8 Å². The summed E-state index contributed by atoms with van der Waals surface area (Å²) in [7, 11) is 4.67. The van der Waals surface area contributed by atoms with Gasteiger partial charge < -0.3 is 19.5 Å². The van der Waals surface area contributed by atoms with E-state index in [9.17, 15) is 4.79 Å². The first-order valence-corrected chi connectivity index (χ1v) is 8.47. The number of carbonyl (C=O) groups is 1. The molecule has 0 aliphatic carbocycles. The van der Waals surface area contributed by atoms with Crippen LogP contribution in [0.3, 0.4) is 0 Å². The van der Waals surface area contributed by atoms with Crippen LogP contribution in [0.4, 0.5) is 0 Å². The number of nitrogens with one attached hydrogen (secondary N) is 1. The maximum absolute atomic E-state index is 12.0. The van der Waals surface area contributed by atoms with Crippen LogP contribution in [0, 0.1) is 0 Å². The van der Waals surface area contributed by atoms with Crippen molar-refractivity contribution in [2.45, 2.75) is 12.8 Å². The average molecular weight is 355 g/mol. The fourth-order valence-electron chi connectivity index (χ4n) is 2.58. The van der Waals surface area contributed by atoms with Crippen molar-refractivity contribution in [1.29, 1.82) is 0 Å². The van der Waals surface area contributed by atoms with Crippen LogP contribution >= 0.6 is 0 Å². The molecule has 26 heavy (non-hydrogen) atoms. The third-order valence-electron chi connectivity index (χ3n) is 3.90. The zero-order chi connectivity index (χ0) is 18.8. The fourth-order valence-corrected chi connectivity index (χ4v) is 2.58. The maximum atomic E-state index is 12.0. The minimum absolute atomic E-state index is 0.133. The summed E-state index contributed by atoms with van der Waals surface area (Å²) in [6.45, 7) is 0.632. The van der Waals surface area contributed by atoms with Crippen LogP contribution < -0.4 is 19.5 Å². The van der Waals surface area contributed by atoms with Crippen LogP contribution in [-0.2, 0) is 11.2 Å². The van der Waals surface area contributed by atoms with Crippen molar-refractivity contribution in [3.05, 3.63) is 59.7 Å². The second kappa shape index (κ2) is 10.1. The van der Waals surface area contributed by atoms with E-state index in [1.165, 1.54) is 11.6 Å². The number of carbonyl (C=O) groups excluding carboxylic acids is 1. The normalized spacial score (nSPS) is 10.6. The highest BCUT2D eigenvalue weighted by molar-refractivity contribution is 5.91. The molecule has 0 radical (unpaired) electrons. The number of ether oxygens (including phenoxy) is 3. The Balaban J connectivity index is 1.89. The molecule has 0 spiro atoms. The Kier molecular flexibility index (Phi) is 7.55. The van der Waals surface area contributed by atoms with Gasteiger partial charge in [0.05, 0.1) is 21.3 Å². The van der Waals surface area contributed by atoms with Crippen molar-refractivity contribution in [3.63, 3.8) is 0 Å². The summed E-state index contributed by atoms with van der Waals surface area (Å²) in [6, 6.07) is 13.8. The predicted octanol–water partition coefficient (Wildman–Crippen LogP) is 3.47. The molecule has 2 aromatic carbocycles. The highest BCUT2D eigenvalue weighted by atomic mass is 16.5. The molecule has 138 valence electrons. The molecule has 5 heteroatoms. The third-order valence-corrected chi connectivity index (χ3v) is 3.90. The van der Waals surface area contributed by atoms with Crippen molar-refractivity contribution >= 4 is 12.0 Å². The van der Waals surface area contributed by atoms with E-state index < -0.39 is 0 Å². The highest BCUT2D eigenvalue weighted by Gasteiger charge is 2.12. The van der Waals surface area contributed by atoms with Gasteiger partial charge in [-0.2, -0.15) is 0 Å². The summed E-state index contributed by atoms with van der Waals surface area (Å²) < 4.78 is 15.9. The molecular formula is C21H25NO4. The van der Waals surface area contributed by atoms with E-state index in [-0.39, 0.29) is 5.91 Å². The van der Waals surface area contributed by atoms with E-state index in [0.29, 0.717) is 23.8 Å². The number of aryl methyl sites for hydroxylation is 1. The topological polar surface area (TPSA) is 56.8 Å². The third kappa shape index (κ3) is 5.55. The first-order chi connectivity index (χ1) is 12.7. The van der Waals surface area contributed by atoms with Gasteiger partial charge in [-0.1, -0.05) is 30.3 Å². The summed E-state index contributed by atoms with van der Waals surface area (Å²) in [4.78, 5) is 12.0. The van der Waals surface area contributed by atoms with E-state index in [0.717, 1.165) is 18.4 Å². The fraction of sp³-hybridized carbons (Fsp3) is 0.286. The minimum atomic E-state index is -0.133. The first-order valence-electron chi connectivity index (χ1n) is 8.47. The average Bonchev–Trinajstić information content (AvgIpc) is 2.69. The van der Waals surface area contributed by atoms with Crippen molar-refractivity contribution in [3.8, 4) is 17.2 Å². The van der Waals surface area contributed by atoms with Gasteiger partial charge in [-0.05, 0) is 42.2 Å². The highest BCUT2D eigenvalue weighted by Crippen LogP contribution is 2.38. The van der Waals surface area contributed by atoms with Crippen LogP contribution in [0.5, 0.6) is 17.2 Å². The maximum Gasteiger partial charge on any atom is 0.243 e. The largest absolute Gasteiger partial charge is 0.493 e. The molecule has 0 fully saturated rings. The van der Waals surface area contributed by atoms with E-state index in [1.54, 1.807) is 39.5 Å². The Morgan fingerprint density at radius 2 is 1.65 bits per heavy atom. The SMILES string of the molecule is COc1cc(/C=C/C(=O)NCCCc2ccccc2)cc(OC)c1OC. The zero-order valence-corrected chi connectivity index (χ0v) is 15.5. The van der Waals surface area contributed by atoms with Gasteiger partial charge in [-0.3, -0.25) is 4.79 Å². The second-order valence-electron chi connectivity index (χ2n) is 5.67. The molecule has 1 amide bonds. The predicted molar refractivity (Wildman–Crippen MR) is 103 cm³/mol. The number of amides is 1. The zero-order valence-electron chi connectivity index (χ0n) is 15.5. The lowest BCUT2D eigenvalue weighted by Gasteiger charge is -2.12. The molecule has 0 atom stereocenters. The van der Waals surface area contributed by atoms with Crippen molar-refractivity contribution in [2.75, 3.05) is 27.9 Å². The number of hydrogen-bond acceptors (Lipinski definition) is 4. The summed E-state index contributed by atoms with van der Waals surface area (Å²) in [6.07, 6.45) is 5.06. The van der Waals surface area contributed by atoms with Crippen LogP contribution in [0.2, 0.25) is 0 Å². The Hall–Kier alpha value is -2.95. The van der Waals surface area contributed by atoms with E-state index >= 15 is 0 Å². The van der Waals surface area contributed by atoms with Gasteiger partial charge in [-0.15, -0.1) is 0 Å². The molecule has 1 N–H and O–H groups in total. The lowest BCUT2D eigenvalue weighted by atomic mass is 10.1. The lowest BCUT2D eigenvalue weighted by molar-refractivity contribution is -0.116. The Morgan fingerprint density at radius 1 is 1.00 bits per heavy atom. The lowest BCUT2D eigenvalue weighted by Crippen LogP contribution is -2.22. The van der Waals surface area contributed by atoms with Crippen molar-refractivity contribution in [1.82, 2.24) is 5.32 Å². The Bertz CT molecular complexity index is 716. The van der Waals surface area contributed by atoms with Gasteiger partial charge in [0, 0.05) is 12.6 Å². The molecule has 0 aliphatic rings. The summed E-state index contributed by atoms with van der Waals surface area (Å²) in [5.74, 6) is 1.49. The first kappa shape index (κ1) is 19.4. The molecule has 0 aromatic heterocycles. The molecule has 0 aliphatic heterocycles. The second-order valence-corrected chi connectivity index (χ2v) is 5.67. The van der Waals surface area contributed by atoms with Gasteiger partial charge in [0.1, 0.15) is 0 Å². The number of methoxy groups -OCH3 is 3. The smallest absolute Gasteiger partial charge is 0.243 e. The Labute approximate surface area is 154 Å². The quantitative estimate of drug-likeness (QED) is 0.553. The Morgan fingerprint density at radius 3 is 2.23 bits per heavy atom. The monoisotopic (exact) mass is 355 g/mol. The van der Waals surface area contributed by atoms with Crippen LogP contribution in [0.15, 0.2) is 48.5 Å². The molecule has 0 saturated heterocycles. The molecule has 5 nitrogen and oxygen atoms in total. The molecule has 0 bridgehead atoms. The number of benzene rings is 2. The summed E-state index contributed by atoms with van der Waals surface area (Å²) >= 11 is 0. The molecule has 0 heterocycles. The summed E-state index contributed by atoms with van der Waals surface area (Å²) in [5, 5.41) is 2.89. The molecular weight excluding hydrogens is 330 g/mol. The van der Waals surface area contributed by atoms with E-state index in [1.807, 2.05) is 18.2 Å². The molecule has 0 saturated carbocycles. The molecule has 2 aromatic rings. The van der Waals surface area contributed by atoms with Gasteiger partial charge in [0.25, 0.3) is 0 Å². The van der Waals surface area contributed by atoms with Crippen molar-refractivity contribution < 1.29 is 19.0 Å². The van der Waals surface area contributed by atoms with Crippen molar-refractivity contribution in [2.24, 2.45) is 0 Å². The molecule has 2 rings (SSSR count). The van der Waals surface area contributed by atoms with Gasteiger partial charge >= 0.3 is 0 Å². The van der Waals surface area contributed by atoms with Crippen LogP contribution in [0.25, 0.3) is 6.08 Å². The van der Waals surface area contributed by atoms with E-state index in [2.05, 4.69) is 17.4 Å². The van der Waals surface area contributed by atoms with Crippen LogP contribution in [0.1, 0.15) is 17.5 Å². The van der Waals surface area contributed by atoms with Gasteiger partial charge in [0.2, 0.25) is 11.7 Å². The standard InChI is InChI=1S/C21H25NO4/c1-24-18-14-17(15-19(25-2)21(18)26-3)11-12-20(23)22-13-7-10-16-8-5-4-6-9-16/h4-6,8-9,11-12,14-15H,7,10,13H2,1-3H3,(H,22,23)/b12-11+. The molecule has 0 unspecified atom stereocenters. The minimum Gasteiger partial charge on any atom is -0.493 e. The van der Waals surface area contributed by atoms with E-state index in [4.69, 9.17) is 14.2 Å². The number of hydrogen-bond donors (Lipinski definition) is 1. The van der Waals surface area contributed by atoms with Gasteiger partial charge in [0.15, 0.2) is 11.5 Å².